The van der Waals surface area contributed by atoms with Crippen molar-refractivity contribution < 1.29 is 0 Å². The fourth-order valence-electron chi connectivity index (χ4n) is 2.08. The second kappa shape index (κ2) is 5.66. The lowest BCUT2D eigenvalue weighted by molar-refractivity contribution is 0.585. The van der Waals surface area contributed by atoms with Gasteiger partial charge in [0, 0.05) is 19.1 Å². The summed E-state index contributed by atoms with van der Waals surface area (Å²) in [5.41, 5.74) is 0.969. The highest BCUT2D eigenvalue weighted by Gasteiger charge is 2.17. The number of benzene rings is 1. The third-order valence-electron chi connectivity index (χ3n) is 2.92. The maximum Gasteiger partial charge on any atom is 0.0655 e. The van der Waals surface area contributed by atoms with Crippen LogP contribution in [0.4, 0.5) is 5.69 Å². The molecule has 1 atom stereocenters. The lowest BCUT2D eigenvalue weighted by atomic mass is 10.2. The summed E-state index contributed by atoms with van der Waals surface area (Å²) in [6.45, 7) is 5.12. The number of nitrogens with one attached hydrogen (secondary N) is 1. The van der Waals surface area contributed by atoms with Crippen molar-refractivity contribution in [2.75, 3.05) is 24.5 Å². The van der Waals surface area contributed by atoms with E-state index in [0.29, 0.717) is 21.1 Å². The number of rotatable bonds is 1. The van der Waals surface area contributed by atoms with Gasteiger partial charge in [-0.2, -0.15) is 0 Å². The van der Waals surface area contributed by atoms with Crippen molar-refractivity contribution in [3.05, 3.63) is 27.2 Å². The molecular weight excluding hydrogens is 279 g/mol. The molecule has 1 aromatic carbocycles. The maximum atomic E-state index is 6.23. The van der Waals surface area contributed by atoms with E-state index in [0.717, 1.165) is 31.7 Å². The Morgan fingerprint density at radius 3 is 2.65 bits per heavy atom. The minimum Gasteiger partial charge on any atom is -0.369 e. The van der Waals surface area contributed by atoms with Crippen LogP contribution in [0.1, 0.15) is 13.3 Å². The van der Waals surface area contributed by atoms with Crippen molar-refractivity contribution >= 4 is 40.5 Å². The minimum absolute atomic E-state index is 0.447. The standard InChI is InChI=1S/C12H15Cl3N2/c1-8-7-17(4-2-3-16-8)12-6-10(14)9(13)5-11(12)15/h5-6,8,16H,2-4,7H2,1H3. The van der Waals surface area contributed by atoms with E-state index in [-0.39, 0.29) is 0 Å². The number of anilines is 1. The minimum atomic E-state index is 0.447. The predicted octanol–water partition coefficient (Wildman–Crippen LogP) is 3.84. The topological polar surface area (TPSA) is 15.3 Å². The van der Waals surface area contributed by atoms with Crippen LogP contribution in [0, 0.1) is 0 Å². The van der Waals surface area contributed by atoms with Gasteiger partial charge in [0.15, 0.2) is 0 Å². The Hall–Kier alpha value is -0.150. The molecule has 5 heteroatoms. The average molecular weight is 294 g/mol. The molecule has 1 aliphatic rings. The molecule has 1 aliphatic heterocycles. The molecule has 1 unspecified atom stereocenters. The Morgan fingerprint density at radius 1 is 1.18 bits per heavy atom. The van der Waals surface area contributed by atoms with Crippen LogP contribution in [0.5, 0.6) is 0 Å². The van der Waals surface area contributed by atoms with Crippen molar-refractivity contribution in [2.45, 2.75) is 19.4 Å². The number of nitrogens with zero attached hydrogens (tertiary/aromatic N) is 1. The van der Waals surface area contributed by atoms with Gasteiger partial charge in [-0.15, -0.1) is 0 Å². The third kappa shape index (κ3) is 3.19. The summed E-state index contributed by atoms with van der Waals surface area (Å²) < 4.78 is 0. The lowest BCUT2D eigenvalue weighted by Gasteiger charge is -2.26. The molecule has 2 rings (SSSR count). The zero-order chi connectivity index (χ0) is 12.4. The molecule has 0 saturated carbocycles. The summed E-state index contributed by atoms with van der Waals surface area (Å²) in [4.78, 5) is 2.26. The number of halogens is 3. The van der Waals surface area contributed by atoms with Gasteiger partial charge in [0.1, 0.15) is 0 Å². The molecule has 0 spiro atoms. The highest BCUT2D eigenvalue weighted by atomic mass is 35.5. The summed E-state index contributed by atoms with van der Waals surface area (Å²) in [7, 11) is 0. The van der Waals surface area contributed by atoms with Gasteiger partial charge in [-0.3, -0.25) is 0 Å². The molecule has 1 heterocycles. The van der Waals surface area contributed by atoms with Gasteiger partial charge in [0.2, 0.25) is 0 Å². The highest BCUT2D eigenvalue weighted by Crippen LogP contribution is 2.34. The molecule has 1 fully saturated rings. The summed E-state index contributed by atoms with van der Waals surface area (Å²) in [6, 6.07) is 4.01. The zero-order valence-electron chi connectivity index (χ0n) is 9.64. The molecule has 0 aliphatic carbocycles. The number of hydrogen-bond acceptors (Lipinski definition) is 2. The first-order chi connectivity index (χ1) is 8.08. The molecule has 0 aromatic heterocycles. The second-order valence-electron chi connectivity index (χ2n) is 4.37. The van der Waals surface area contributed by atoms with Crippen molar-refractivity contribution in [2.24, 2.45) is 0 Å². The Bertz CT molecular complexity index is 409. The van der Waals surface area contributed by atoms with Gasteiger partial charge >= 0.3 is 0 Å². The lowest BCUT2D eigenvalue weighted by Crippen LogP contribution is -2.35. The van der Waals surface area contributed by atoms with Crippen LogP contribution >= 0.6 is 34.8 Å². The van der Waals surface area contributed by atoms with E-state index in [1.807, 2.05) is 6.07 Å². The Labute approximate surface area is 117 Å². The predicted molar refractivity (Wildman–Crippen MR) is 75.8 cm³/mol. The average Bonchev–Trinajstić information content (AvgIpc) is 2.48. The van der Waals surface area contributed by atoms with Crippen molar-refractivity contribution in [3.63, 3.8) is 0 Å². The monoisotopic (exact) mass is 292 g/mol. The summed E-state index contributed by atoms with van der Waals surface area (Å²) >= 11 is 18.2. The first kappa shape index (κ1) is 13.3. The fourth-order valence-corrected chi connectivity index (χ4v) is 2.74. The maximum absolute atomic E-state index is 6.23. The van der Waals surface area contributed by atoms with E-state index >= 15 is 0 Å². The van der Waals surface area contributed by atoms with Gasteiger partial charge in [-0.1, -0.05) is 34.8 Å². The van der Waals surface area contributed by atoms with Crippen LogP contribution in [0.25, 0.3) is 0 Å². The van der Waals surface area contributed by atoms with Crippen LogP contribution in [0.3, 0.4) is 0 Å². The fraction of sp³-hybridized carbons (Fsp3) is 0.500. The summed E-state index contributed by atoms with van der Waals surface area (Å²) in [6.07, 6.45) is 1.10. The molecule has 1 N–H and O–H groups in total. The molecule has 2 nitrogen and oxygen atoms in total. The Morgan fingerprint density at radius 2 is 1.88 bits per heavy atom. The van der Waals surface area contributed by atoms with E-state index in [2.05, 4.69) is 17.1 Å². The van der Waals surface area contributed by atoms with Crippen LogP contribution in [-0.4, -0.2) is 25.7 Å². The second-order valence-corrected chi connectivity index (χ2v) is 5.59. The van der Waals surface area contributed by atoms with Crippen LogP contribution in [0.15, 0.2) is 12.1 Å². The molecular formula is C12H15Cl3N2. The van der Waals surface area contributed by atoms with Crippen LogP contribution < -0.4 is 10.2 Å². The van der Waals surface area contributed by atoms with Crippen molar-refractivity contribution in [3.8, 4) is 0 Å². The molecule has 1 aromatic rings. The van der Waals surface area contributed by atoms with Gasteiger partial charge in [0.25, 0.3) is 0 Å². The molecule has 0 bridgehead atoms. The Balaban J connectivity index is 2.28. The van der Waals surface area contributed by atoms with E-state index in [1.165, 1.54) is 0 Å². The smallest absolute Gasteiger partial charge is 0.0655 e. The van der Waals surface area contributed by atoms with Crippen LogP contribution in [-0.2, 0) is 0 Å². The Kier molecular flexibility index (Phi) is 4.42. The first-order valence-electron chi connectivity index (χ1n) is 5.71. The largest absolute Gasteiger partial charge is 0.369 e. The molecule has 0 amide bonds. The van der Waals surface area contributed by atoms with E-state index in [4.69, 9.17) is 34.8 Å². The van der Waals surface area contributed by atoms with Gasteiger partial charge < -0.3 is 10.2 Å². The van der Waals surface area contributed by atoms with Gasteiger partial charge in [-0.05, 0) is 32.0 Å². The third-order valence-corrected chi connectivity index (χ3v) is 3.95. The van der Waals surface area contributed by atoms with E-state index in [1.54, 1.807) is 6.07 Å². The molecule has 94 valence electrons. The summed E-state index contributed by atoms with van der Waals surface area (Å²) in [5, 5.41) is 5.16. The molecule has 1 saturated heterocycles. The van der Waals surface area contributed by atoms with E-state index < -0.39 is 0 Å². The van der Waals surface area contributed by atoms with Crippen LogP contribution in [0.2, 0.25) is 15.1 Å². The quantitative estimate of drug-likeness (QED) is 0.792. The highest BCUT2D eigenvalue weighted by molar-refractivity contribution is 6.44. The molecule has 17 heavy (non-hydrogen) atoms. The zero-order valence-corrected chi connectivity index (χ0v) is 11.9. The SMILES string of the molecule is CC1CN(c2cc(Cl)c(Cl)cc2Cl)CCCN1. The van der Waals surface area contributed by atoms with Crippen molar-refractivity contribution in [1.29, 1.82) is 0 Å². The number of hydrogen-bond donors (Lipinski definition) is 1. The summed E-state index contributed by atoms with van der Waals surface area (Å²) in [5.74, 6) is 0. The van der Waals surface area contributed by atoms with Crippen molar-refractivity contribution in [1.82, 2.24) is 5.32 Å². The van der Waals surface area contributed by atoms with E-state index in [9.17, 15) is 0 Å². The van der Waals surface area contributed by atoms with Gasteiger partial charge in [0.05, 0.1) is 20.8 Å². The normalized spacial score (nSPS) is 21.4. The van der Waals surface area contributed by atoms with Gasteiger partial charge in [-0.25, -0.2) is 0 Å². The molecule has 0 radical (unpaired) electrons. The first-order valence-corrected chi connectivity index (χ1v) is 6.84.